The zero-order valence-electron chi connectivity index (χ0n) is 15.1. The molecule has 0 bridgehead atoms. The first kappa shape index (κ1) is 18.5. The Bertz CT molecular complexity index is 814. The Hall–Kier alpha value is -2.27. The molecule has 0 aromatic carbocycles. The number of nitriles is 1. The number of nitrogens with one attached hydrogen (secondary N) is 1. The number of thioether (sulfide) groups is 1. The second-order valence-corrected chi connectivity index (χ2v) is 7.47. The smallest absolute Gasteiger partial charge is 0.231 e. The number of nitrogens with zero attached hydrogens (tertiary/aromatic N) is 4. The normalized spacial score (nSPS) is 16.2. The van der Waals surface area contributed by atoms with Crippen molar-refractivity contribution in [3.05, 3.63) is 18.1 Å². The summed E-state index contributed by atoms with van der Waals surface area (Å²) in [4.78, 5) is 12.4. The predicted molar refractivity (Wildman–Crippen MR) is 98.4 cm³/mol. The second-order valence-electron chi connectivity index (χ2n) is 6.53. The van der Waals surface area contributed by atoms with Crippen LogP contribution in [-0.4, -0.2) is 32.0 Å². The standard InChI is InChI=1S/C18H23N5O2S/c1-3-23-16(14-7-10-25-13(14)2)21-22-17(23)26-11-15(24)20-18(12-19)8-5-4-6-9-18/h7,10H,3-6,8-9,11H2,1-2H3,(H,20,24). The third kappa shape index (κ3) is 3.78. The fraction of sp³-hybridized carbons (Fsp3) is 0.556. The van der Waals surface area contributed by atoms with E-state index >= 15 is 0 Å². The minimum absolute atomic E-state index is 0.134. The Morgan fingerprint density at radius 2 is 2.19 bits per heavy atom. The van der Waals surface area contributed by atoms with Crippen molar-refractivity contribution >= 4 is 17.7 Å². The molecule has 7 nitrogen and oxygen atoms in total. The van der Waals surface area contributed by atoms with Crippen LogP contribution < -0.4 is 5.32 Å². The molecule has 1 fully saturated rings. The monoisotopic (exact) mass is 373 g/mol. The van der Waals surface area contributed by atoms with Crippen molar-refractivity contribution in [1.29, 1.82) is 5.26 Å². The van der Waals surface area contributed by atoms with Crippen LogP contribution in [-0.2, 0) is 11.3 Å². The van der Waals surface area contributed by atoms with Crippen molar-refractivity contribution < 1.29 is 9.21 Å². The zero-order valence-corrected chi connectivity index (χ0v) is 15.9. The minimum Gasteiger partial charge on any atom is -0.469 e. The Balaban J connectivity index is 1.66. The van der Waals surface area contributed by atoms with Crippen LogP contribution in [0.4, 0.5) is 0 Å². The summed E-state index contributed by atoms with van der Waals surface area (Å²) >= 11 is 1.34. The number of hydrogen-bond acceptors (Lipinski definition) is 6. The van der Waals surface area contributed by atoms with Crippen LogP contribution in [0.1, 0.15) is 44.8 Å². The molecule has 1 saturated carbocycles. The molecule has 0 spiro atoms. The highest BCUT2D eigenvalue weighted by Gasteiger charge is 2.33. The summed E-state index contributed by atoms with van der Waals surface area (Å²) in [5.41, 5.74) is 0.203. The molecule has 3 rings (SSSR count). The summed E-state index contributed by atoms with van der Waals surface area (Å²) in [7, 11) is 0. The summed E-state index contributed by atoms with van der Waals surface area (Å²) in [6, 6.07) is 4.18. The van der Waals surface area contributed by atoms with Crippen molar-refractivity contribution in [2.45, 2.75) is 63.2 Å². The summed E-state index contributed by atoms with van der Waals surface area (Å²) in [6.07, 6.45) is 6.19. The van der Waals surface area contributed by atoms with Gasteiger partial charge in [0.2, 0.25) is 5.91 Å². The maximum Gasteiger partial charge on any atom is 0.231 e. The van der Waals surface area contributed by atoms with Crippen LogP contribution in [0, 0.1) is 18.3 Å². The number of rotatable bonds is 6. The van der Waals surface area contributed by atoms with Gasteiger partial charge in [-0.2, -0.15) is 5.26 Å². The Morgan fingerprint density at radius 1 is 1.42 bits per heavy atom. The Morgan fingerprint density at radius 3 is 2.81 bits per heavy atom. The maximum atomic E-state index is 12.4. The van der Waals surface area contributed by atoms with Crippen LogP contribution in [0.15, 0.2) is 21.9 Å². The number of furan rings is 1. The molecule has 0 saturated heterocycles. The lowest BCUT2D eigenvalue weighted by Crippen LogP contribution is -2.49. The topological polar surface area (TPSA) is 96.7 Å². The molecular formula is C18H23N5O2S. The quantitative estimate of drug-likeness (QED) is 0.780. The van der Waals surface area contributed by atoms with Gasteiger partial charge in [0.15, 0.2) is 11.0 Å². The molecule has 0 atom stereocenters. The van der Waals surface area contributed by atoms with E-state index in [-0.39, 0.29) is 11.7 Å². The van der Waals surface area contributed by atoms with Gasteiger partial charge in [0.25, 0.3) is 0 Å². The molecule has 8 heteroatoms. The highest BCUT2D eigenvalue weighted by Crippen LogP contribution is 2.29. The SMILES string of the molecule is CCn1c(SCC(=O)NC2(C#N)CCCCC2)nnc1-c1ccoc1C. The molecule has 1 N–H and O–H groups in total. The minimum atomic E-state index is -0.701. The fourth-order valence-corrected chi connectivity index (χ4v) is 4.15. The largest absolute Gasteiger partial charge is 0.469 e. The molecule has 0 radical (unpaired) electrons. The summed E-state index contributed by atoms with van der Waals surface area (Å²) in [5, 5.41) is 21.6. The van der Waals surface area contributed by atoms with Crippen LogP contribution in [0.25, 0.3) is 11.4 Å². The fourth-order valence-electron chi connectivity index (χ4n) is 3.35. The lowest BCUT2D eigenvalue weighted by Gasteiger charge is -2.31. The maximum absolute atomic E-state index is 12.4. The third-order valence-corrected chi connectivity index (χ3v) is 5.73. The first-order chi connectivity index (χ1) is 12.6. The van der Waals surface area contributed by atoms with Gasteiger partial charge in [0.05, 0.1) is 23.6 Å². The van der Waals surface area contributed by atoms with Gasteiger partial charge in [-0.15, -0.1) is 10.2 Å². The molecule has 2 aromatic heterocycles. The van der Waals surface area contributed by atoms with E-state index in [1.54, 1.807) is 6.26 Å². The molecular weight excluding hydrogens is 350 g/mol. The van der Waals surface area contributed by atoms with Crippen molar-refractivity contribution in [3.63, 3.8) is 0 Å². The molecule has 1 amide bonds. The molecule has 0 unspecified atom stereocenters. The average molecular weight is 373 g/mol. The number of carbonyl (C=O) groups excluding carboxylic acids is 1. The van der Waals surface area contributed by atoms with Crippen LogP contribution in [0.3, 0.4) is 0 Å². The van der Waals surface area contributed by atoms with Gasteiger partial charge in [0.1, 0.15) is 11.3 Å². The van der Waals surface area contributed by atoms with E-state index in [2.05, 4.69) is 21.6 Å². The van der Waals surface area contributed by atoms with E-state index in [0.29, 0.717) is 11.7 Å². The molecule has 2 aromatic rings. The van der Waals surface area contributed by atoms with E-state index in [9.17, 15) is 10.1 Å². The molecule has 0 aliphatic heterocycles. The first-order valence-electron chi connectivity index (χ1n) is 8.91. The third-order valence-electron chi connectivity index (χ3n) is 4.76. The van der Waals surface area contributed by atoms with Gasteiger partial charge in [-0.05, 0) is 32.8 Å². The Kier molecular flexibility index (Phi) is 5.67. The van der Waals surface area contributed by atoms with Gasteiger partial charge in [-0.25, -0.2) is 0 Å². The van der Waals surface area contributed by atoms with Gasteiger partial charge in [-0.3, -0.25) is 4.79 Å². The molecule has 26 heavy (non-hydrogen) atoms. The van der Waals surface area contributed by atoms with Crippen molar-refractivity contribution in [2.75, 3.05) is 5.75 Å². The van der Waals surface area contributed by atoms with E-state index in [1.807, 2.05) is 24.5 Å². The molecule has 138 valence electrons. The average Bonchev–Trinajstić information content (AvgIpc) is 3.25. The van der Waals surface area contributed by atoms with Gasteiger partial charge in [0, 0.05) is 6.54 Å². The number of carbonyl (C=O) groups is 1. The van der Waals surface area contributed by atoms with Crippen molar-refractivity contribution in [2.24, 2.45) is 0 Å². The van der Waals surface area contributed by atoms with Crippen LogP contribution in [0.2, 0.25) is 0 Å². The van der Waals surface area contributed by atoms with Gasteiger partial charge < -0.3 is 14.3 Å². The first-order valence-corrected chi connectivity index (χ1v) is 9.90. The second kappa shape index (κ2) is 7.96. The summed E-state index contributed by atoms with van der Waals surface area (Å²) in [6.45, 7) is 4.59. The Labute approximate surface area is 157 Å². The predicted octanol–water partition coefficient (Wildman–Crippen LogP) is 3.30. The zero-order chi connectivity index (χ0) is 18.6. The number of hydrogen-bond donors (Lipinski definition) is 1. The van der Waals surface area contributed by atoms with Crippen LogP contribution >= 0.6 is 11.8 Å². The van der Waals surface area contributed by atoms with Gasteiger partial charge >= 0.3 is 0 Å². The van der Waals surface area contributed by atoms with E-state index in [1.165, 1.54) is 11.8 Å². The highest BCUT2D eigenvalue weighted by atomic mass is 32.2. The molecule has 2 heterocycles. The highest BCUT2D eigenvalue weighted by molar-refractivity contribution is 7.99. The van der Waals surface area contributed by atoms with Crippen molar-refractivity contribution in [1.82, 2.24) is 20.1 Å². The number of aryl methyl sites for hydroxylation is 1. The lowest BCUT2D eigenvalue weighted by molar-refractivity contribution is -0.120. The van der Waals surface area contributed by atoms with E-state index in [4.69, 9.17) is 4.42 Å². The summed E-state index contributed by atoms with van der Waals surface area (Å²) < 4.78 is 7.32. The van der Waals surface area contributed by atoms with Crippen molar-refractivity contribution in [3.8, 4) is 17.5 Å². The number of aromatic nitrogens is 3. The summed E-state index contributed by atoms with van der Waals surface area (Å²) in [5.74, 6) is 1.61. The van der Waals surface area contributed by atoms with Gasteiger partial charge in [-0.1, -0.05) is 31.0 Å². The molecule has 1 aliphatic rings. The number of amides is 1. The van der Waals surface area contributed by atoms with Crippen LogP contribution in [0.5, 0.6) is 0 Å². The van der Waals surface area contributed by atoms with E-state index < -0.39 is 5.54 Å². The lowest BCUT2D eigenvalue weighted by atomic mass is 9.83. The molecule has 1 aliphatic carbocycles. The van der Waals surface area contributed by atoms with E-state index in [0.717, 1.165) is 49.3 Å².